The van der Waals surface area contributed by atoms with Crippen LogP contribution in [0.4, 0.5) is 0 Å². The van der Waals surface area contributed by atoms with Crippen molar-refractivity contribution in [3.8, 4) is 0 Å². The maximum Gasteiger partial charge on any atom is 0.225 e. The minimum atomic E-state index is -3.41. The molecule has 1 rings (SSSR count). The van der Waals surface area contributed by atoms with E-state index >= 15 is 0 Å². The summed E-state index contributed by atoms with van der Waals surface area (Å²) in [7, 11) is -3.41. The standard InChI is InChI=1S/C8H16ClNO3S/c9-6-14(12,13)10-7-4-2-1-3-5-8(7)11/h7-8,10-11H,1-6H2. The van der Waals surface area contributed by atoms with Crippen molar-refractivity contribution in [2.45, 2.75) is 44.2 Å². The van der Waals surface area contributed by atoms with Gasteiger partial charge < -0.3 is 5.11 Å². The third kappa shape index (κ3) is 3.73. The maximum atomic E-state index is 11.2. The molecule has 0 aliphatic heterocycles. The Morgan fingerprint density at radius 3 is 2.57 bits per heavy atom. The van der Waals surface area contributed by atoms with Gasteiger partial charge in [-0.2, -0.15) is 0 Å². The molecule has 4 nitrogen and oxygen atoms in total. The highest BCUT2D eigenvalue weighted by Gasteiger charge is 2.25. The second kappa shape index (κ2) is 5.30. The summed E-state index contributed by atoms with van der Waals surface area (Å²) in [6.45, 7) is 0. The molecule has 0 radical (unpaired) electrons. The molecule has 0 aromatic rings. The van der Waals surface area contributed by atoms with Crippen LogP contribution in [0.3, 0.4) is 0 Å². The lowest BCUT2D eigenvalue weighted by molar-refractivity contribution is 0.130. The first-order valence-corrected chi connectivity index (χ1v) is 6.98. The number of nitrogens with one attached hydrogen (secondary N) is 1. The van der Waals surface area contributed by atoms with E-state index in [-0.39, 0.29) is 6.04 Å². The first-order chi connectivity index (χ1) is 6.55. The Balaban J connectivity index is 2.57. The van der Waals surface area contributed by atoms with E-state index < -0.39 is 21.3 Å². The van der Waals surface area contributed by atoms with Gasteiger partial charge in [-0.1, -0.05) is 19.3 Å². The zero-order chi connectivity index (χ0) is 10.6. The number of sulfonamides is 1. The molecule has 6 heteroatoms. The van der Waals surface area contributed by atoms with Crippen molar-refractivity contribution in [1.29, 1.82) is 0 Å². The third-order valence-corrected chi connectivity index (χ3v) is 4.27. The number of hydrogen-bond acceptors (Lipinski definition) is 3. The fourth-order valence-corrected chi connectivity index (χ4v) is 2.68. The number of aliphatic hydroxyl groups is 1. The monoisotopic (exact) mass is 241 g/mol. The Morgan fingerprint density at radius 2 is 1.93 bits per heavy atom. The second-order valence-electron chi connectivity index (χ2n) is 3.65. The first kappa shape index (κ1) is 12.2. The van der Waals surface area contributed by atoms with Crippen LogP contribution in [-0.4, -0.2) is 30.9 Å². The van der Waals surface area contributed by atoms with Crippen molar-refractivity contribution in [2.75, 3.05) is 5.21 Å². The number of aliphatic hydroxyl groups excluding tert-OH is 1. The smallest absolute Gasteiger partial charge is 0.225 e. The van der Waals surface area contributed by atoms with Gasteiger partial charge in [-0.25, -0.2) is 13.1 Å². The maximum absolute atomic E-state index is 11.2. The van der Waals surface area contributed by atoms with Crippen LogP contribution in [0.1, 0.15) is 32.1 Å². The molecule has 0 amide bonds. The van der Waals surface area contributed by atoms with Gasteiger partial charge in [0.1, 0.15) is 5.21 Å². The van der Waals surface area contributed by atoms with Crippen LogP contribution in [0.5, 0.6) is 0 Å². The summed E-state index contributed by atoms with van der Waals surface area (Å²) in [4.78, 5) is 0. The lowest BCUT2D eigenvalue weighted by Gasteiger charge is -2.20. The molecule has 0 heterocycles. The molecule has 2 atom stereocenters. The predicted octanol–water partition coefficient (Wildman–Crippen LogP) is 0.796. The highest BCUT2D eigenvalue weighted by Crippen LogP contribution is 2.18. The highest BCUT2D eigenvalue weighted by molar-refractivity contribution is 7.90. The van der Waals surface area contributed by atoms with E-state index in [1.807, 2.05) is 0 Å². The summed E-state index contributed by atoms with van der Waals surface area (Å²) in [6.07, 6.45) is 3.74. The van der Waals surface area contributed by atoms with E-state index in [0.29, 0.717) is 12.8 Å². The topological polar surface area (TPSA) is 66.4 Å². The molecule has 1 saturated carbocycles. The van der Waals surface area contributed by atoms with Crippen LogP contribution in [0.25, 0.3) is 0 Å². The highest BCUT2D eigenvalue weighted by atomic mass is 35.5. The summed E-state index contributed by atoms with van der Waals surface area (Å²) < 4.78 is 24.8. The first-order valence-electron chi connectivity index (χ1n) is 4.79. The van der Waals surface area contributed by atoms with Crippen LogP contribution in [0, 0.1) is 0 Å². The molecule has 0 aromatic carbocycles. The summed E-state index contributed by atoms with van der Waals surface area (Å²) in [5.41, 5.74) is 0. The van der Waals surface area contributed by atoms with E-state index in [1.54, 1.807) is 0 Å². The van der Waals surface area contributed by atoms with E-state index in [0.717, 1.165) is 19.3 Å². The zero-order valence-corrected chi connectivity index (χ0v) is 9.52. The summed E-state index contributed by atoms with van der Waals surface area (Å²) in [5, 5.41) is 9.19. The van der Waals surface area contributed by atoms with Gasteiger partial charge in [0.15, 0.2) is 0 Å². The molecule has 1 aliphatic rings. The number of rotatable bonds is 3. The molecule has 14 heavy (non-hydrogen) atoms. The SMILES string of the molecule is O=S(=O)(CCl)NC1CCCCCC1O. The van der Waals surface area contributed by atoms with Crippen molar-refractivity contribution in [1.82, 2.24) is 4.72 Å². The van der Waals surface area contributed by atoms with Gasteiger partial charge >= 0.3 is 0 Å². The van der Waals surface area contributed by atoms with Crippen molar-refractivity contribution in [2.24, 2.45) is 0 Å². The van der Waals surface area contributed by atoms with Gasteiger partial charge in [-0.3, -0.25) is 0 Å². The van der Waals surface area contributed by atoms with Gasteiger partial charge in [0, 0.05) is 6.04 Å². The average molecular weight is 242 g/mol. The lowest BCUT2D eigenvalue weighted by atomic mass is 10.1. The minimum absolute atomic E-state index is 0.360. The fourth-order valence-electron chi connectivity index (χ4n) is 1.69. The summed E-state index contributed by atoms with van der Waals surface area (Å²) in [6, 6.07) is -0.360. The fraction of sp³-hybridized carbons (Fsp3) is 1.00. The Kier molecular flexibility index (Phi) is 4.63. The Hall–Kier alpha value is 0.160. The van der Waals surface area contributed by atoms with Crippen molar-refractivity contribution >= 4 is 21.6 Å². The van der Waals surface area contributed by atoms with Crippen molar-refractivity contribution < 1.29 is 13.5 Å². The molecule has 84 valence electrons. The Bertz CT molecular complexity index is 268. The molecule has 1 fully saturated rings. The van der Waals surface area contributed by atoms with Gasteiger partial charge in [-0.05, 0) is 12.8 Å². The quantitative estimate of drug-likeness (QED) is 0.567. The number of hydrogen-bond donors (Lipinski definition) is 2. The van der Waals surface area contributed by atoms with Gasteiger partial charge in [0.2, 0.25) is 10.0 Å². The van der Waals surface area contributed by atoms with Crippen LogP contribution < -0.4 is 4.72 Å². The van der Waals surface area contributed by atoms with Crippen LogP contribution in [-0.2, 0) is 10.0 Å². The Morgan fingerprint density at radius 1 is 1.29 bits per heavy atom. The molecular formula is C8H16ClNO3S. The molecule has 0 bridgehead atoms. The van der Waals surface area contributed by atoms with Gasteiger partial charge in [-0.15, -0.1) is 11.6 Å². The molecule has 1 aliphatic carbocycles. The van der Waals surface area contributed by atoms with Crippen LogP contribution >= 0.6 is 11.6 Å². The zero-order valence-electron chi connectivity index (χ0n) is 7.95. The predicted molar refractivity (Wildman–Crippen MR) is 55.7 cm³/mol. The normalized spacial score (nSPS) is 29.9. The second-order valence-corrected chi connectivity index (χ2v) is 5.99. The molecule has 0 saturated heterocycles. The number of alkyl halides is 1. The van der Waals surface area contributed by atoms with E-state index in [1.165, 1.54) is 0 Å². The van der Waals surface area contributed by atoms with Crippen molar-refractivity contribution in [3.05, 3.63) is 0 Å². The van der Waals surface area contributed by atoms with Crippen LogP contribution in [0.2, 0.25) is 0 Å². The molecular weight excluding hydrogens is 226 g/mol. The largest absolute Gasteiger partial charge is 0.391 e. The van der Waals surface area contributed by atoms with Crippen molar-refractivity contribution in [3.63, 3.8) is 0 Å². The molecule has 2 N–H and O–H groups in total. The summed E-state index contributed by atoms with van der Waals surface area (Å²) >= 11 is 5.27. The van der Waals surface area contributed by atoms with Gasteiger partial charge in [0.25, 0.3) is 0 Å². The molecule has 0 spiro atoms. The van der Waals surface area contributed by atoms with Gasteiger partial charge in [0.05, 0.1) is 6.10 Å². The summed E-state index contributed by atoms with van der Waals surface area (Å²) in [5.74, 6) is 0. The average Bonchev–Trinajstić information content (AvgIpc) is 2.32. The van der Waals surface area contributed by atoms with E-state index in [2.05, 4.69) is 4.72 Å². The minimum Gasteiger partial charge on any atom is -0.391 e. The molecule has 0 aromatic heterocycles. The molecule has 2 unspecified atom stereocenters. The number of halogens is 1. The van der Waals surface area contributed by atoms with E-state index in [4.69, 9.17) is 11.6 Å². The van der Waals surface area contributed by atoms with E-state index in [9.17, 15) is 13.5 Å². The van der Waals surface area contributed by atoms with Crippen LogP contribution in [0.15, 0.2) is 0 Å². The Labute approximate surface area is 89.7 Å². The lowest BCUT2D eigenvalue weighted by Crippen LogP contribution is -2.42. The third-order valence-electron chi connectivity index (χ3n) is 2.45.